The topological polar surface area (TPSA) is 100.0 Å². The smallest absolute Gasteiger partial charge is 0.333 e. The van der Waals surface area contributed by atoms with E-state index in [0.29, 0.717) is 18.0 Å². The molecule has 0 amide bonds. The van der Waals surface area contributed by atoms with Crippen molar-refractivity contribution in [2.75, 3.05) is 7.05 Å². The minimum Gasteiger partial charge on any atom is -0.478 e. The molecular weight excluding hydrogens is 368 g/mol. The van der Waals surface area contributed by atoms with Crippen LogP contribution >= 0.6 is 11.3 Å². The number of carbonyl (C=O) groups is 2. The first kappa shape index (κ1) is 17.9. The number of ether oxygens (including phenoxy) is 1. The van der Waals surface area contributed by atoms with Crippen molar-refractivity contribution in [3.8, 4) is 5.19 Å². The summed E-state index contributed by atoms with van der Waals surface area (Å²) in [5, 5.41) is 19.4. The molecule has 2 aliphatic heterocycles. The second kappa shape index (κ2) is 6.61. The van der Waals surface area contributed by atoms with Crippen LogP contribution in [0.5, 0.6) is 5.19 Å². The number of thiazole rings is 1. The van der Waals surface area contributed by atoms with E-state index < -0.39 is 17.5 Å². The predicted octanol–water partition coefficient (Wildman–Crippen LogP) is 2.77. The highest BCUT2D eigenvalue weighted by Gasteiger charge is 2.54. The predicted molar refractivity (Wildman–Crippen MR) is 100 cm³/mol. The first-order chi connectivity index (χ1) is 12.9. The Morgan fingerprint density at radius 1 is 1.37 bits per heavy atom. The fraction of sp³-hybridized carbons (Fsp3) is 0.421. The van der Waals surface area contributed by atoms with Crippen molar-refractivity contribution in [3.63, 3.8) is 0 Å². The van der Waals surface area contributed by atoms with Gasteiger partial charge >= 0.3 is 11.9 Å². The van der Waals surface area contributed by atoms with Crippen LogP contribution < -0.4 is 4.74 Å². The lowest BCUT2D eigenvalue weighted by molar-refractivity contribution is -0.137. The molecule has 8 heteroatoms. The summed E-state index contributed by atoms with van der Waals surface area (Å²) in [6.45, 7) is 0. The molecule has 27 heavy (non-hydrogen) atoms. The van der Waals surface area contributed by atoms with Gasteiger partial charge in [0.2, 0.25) is 0 Å². The van der Waals surface area contributed by atoms with Crippen LogP contribution in [-0.4, -0.2) is 56.8 Å². The zero-order valence-electron chi connectivity index (χ0n) is 14.8. The first-order valence-electron chi connectivity index (χ1n) is 8.82. The molecule has 1 aromatic heterocycles. The Morgan fingerprint density at radius 2 is 2.15 bits per heavy atom. The molecule has 0 spiro atoms. The third-order valence-electron chi connectivity index (χ3n) is 5.76. The van der Waals surface area contributed by atoms with Gasteiger partial charge in [0.25, 0.3) is 5.19 Å². The molecule has 0 aliphatic carbocycles. The van der Waals surface area contributed by atoms with Crippen LogP contribution in [0.1, 0.15) is 25.7 Å². The van der Waals surface area contributed by atoms with Crippen molar-refractivity contribution in [1.82, 2.24) is 9.88 Å². The summed E-state index contributed by atoms with van der Waals surface area (Å²) < 4.78 is 7.18. The van der Waals surface area contributed by atoms with Crippen molar-refractivity contribution in [2.24, 2.45) is 0 Å². The molecule has 2 aromatic rings. The standard InChI is InChI=1S/C19H20N2O5S/c1-21-11-6-7-19(21,13(17(24)25)9-16(22)23)10-12(8-11)26-18-20-14-4-2-3-5-15(14)27-18/h2-5,9,11-12H,6-8,10H2,1H3,(H,22,23)(H,24,25)/b13-9-. The maximum Gasteiger partial charge on any atom is 0.333 e. The van der Waals surface area contributed by atoms with E-state index >= 15 is 0 Å². The number of hydrogen-bond acceptors (Lipinski definition) is 6. The van der Waals surface area contributed by atoms with Gasteiger partial charge in [-0.25, -0.2) is 14.6 Å². The Bertz CT molecular complexity index is 906. The molecule has 2 bridgehead atoms. The SMILES string of the molecule is CN1C2CCC1(/C(=C\C(=O)O)C(=O)O)CC(Oc1nc3ccccc3s1)C2. The van der Waals surface area contributed by atoms with Crippen molar-refractivity contribution >= 4 is 33.5 Å². The Morgan fingerprint density at radius 3 is 2.85 bits per heavy atom. The summed E-state index contributed by atoms with van der Waals surface area (Å²) in [4.78, 5) is 29.6. The second-order valence-electron chi connectivity index (χ2n) is 7.16. The third-order valence-corrected chi connectivity index (χ3v) is 6.68. The van der Waals surface area contributed by atoms with E-state index in [2.05, 4.69) is 4.98 Å². The Kier molecular flexibility index (Phi) is 4.39. The van der Waals surface area contributed by atoms with Crippen LogP contribution in [-0.2, 0) is 9.59 Å². The number of likely N-dealkylation sites (N-methyl/N-ethyl adjacent to an activating group) is 1. The number of piperidine rings is 1. The molecule has 2 aliphatic rings. The van der Waals surface area contributed by atoms with Crippen molar-refractivity contribution in [2.45, 2.75) is 43.4 Å². The number of fused-ring (bicyclic) bond motifs is 3. The molecule has 2 N–H and O–H groups in total. The quantitative estimate of drug-likeness (QED) is 0.760. The Balaban J connectivity index is 1.63. The zero-order chi connectivity index (χ0) is 19.2. The van der Waals surface area contributed by atoms with Crippen molar-refractivity contribution in [3.05, 3.63) is 35.9 Å². The van der Waals surface area contributed by atoms with Gasteiger partial charge in [0, 0.05) is 25.0 Å². The van der Waals surface area contributed by atoms with Crippen LogP contribution in [0.2, 0.25) is 0 Å². The number of aromatic nitrogens is 1. The van der Waals surface area contributed by atoms with E-state index in [1.54, 1.807) is 0 Å². The summed E-state index contributed by atoms with van der Waals surface area (Å²) in [5.74, 6) is -2.43. The number of aliphatic carboxylic acids is 2. The van der Waals surface area contributed by atoms with Crippen molar-refractivity contribution < 1.29 is 24.5 Å². The molecular formula is C19H20N2O5S. The van der Waals surface area contributed by atoms with Crippen LogP contribution in [0.4, 0.5) is 0 Å². The highest BCUT2D eigenvalue weighted by molar-refractivity contribution is 7.20. The summed E-state index contributed by atoms with van der Waals surface area (Å²) in [6.07, 6.45) is 3.27. The number of nitrogens with zero attached hydrogens (tertiary/aromatic N) is 2. The number of benzene rings is 1. The number of hydrogen-bond donors (Lipinski definition) is 2. The number of carboxylic acids is 2. The Labute approximate surface area is 159 Å². The molecule has 1 aromatic carbocycles. The van der Waals surface area contributed by atoms with Gasteiger partial charge in [0.15, 0.2) is 0 Å². The molecule has 7 nitrogen and oxygen atoms in total. The third kappa shape index (κ3) is 3.08. The van der Waals surface area contributed by atoms with Gasteiger partial charge in [0.05, 0.1) is 21.3 Å². The van der Waals surface area contributed by atoms with E-state index in [1.165, 1.54) is 11.3 Å². The molecule has 2 fully saturated rings. The molecule has 3 unspecified atom stereocenters. The van der Waals surface area contributed by atoms with Gasteiger partial charge in [0.1, 0.15) is 6.10 Å². The molecule has 3 atom stereocenters. The average Bonchev–Trinajstić information content (AvgIpc) is 3.08. The largest absolute Gasteiger partial charge is 0.478 e. The summed E-state index contributed by atoms with van der Waals surface area (Å²) in [5.41, 5.74) is -0.0215. The van der Waals surface area contributed by atoms with Crippen LogP contribution in [0.15, 0.2) is 35.9 Å². The minimum absolute atomic E-state index is 0.0717. The normalized spacial score (nSPS) is 28.4. The van der Waals surface area contributed by atoms with Gasteiger partial charge in [-0.2, -0.15) is 0 Å². The fourth-order valence-electron chi connectivity index (χ4n) is 4.50. The molecule has 0 saturated carbocycles. The maximum absolute atomic E-state index is 11.8. The van der Waals surface area contributed by atoms with Gasteiger partial charge < -0.3 is 14.9 Å². The lowest BCUT2D eigenvalue weighted by Crippen LogP contribution is -2.55. The first-order valence-corrected chi connectivity index (χ1v) is 9.64. The van der Waals surface area contributed by atoms with Crippen LogP contribution in [0.25, 0.3) is 10.2 Å². The van der Waals surface area contributed by atoms with Gasteiger partial charge in [-0.3, -0.25) is 4.90 Å². The highest BCUT2D eigenvalue weighted by Crippen LogP contribution is 2.48. The molecule has 0 radical (unpaired) electrons. The number of rotatable bonds is 5. The molecule has 4 rings (SSSR count). The van der Waals surface area contributed by atoms with E-state index in [9.17, 15) is 14.7 Å². The number of para-hydroxylation sites is 1. The average molecular weight is 388 g/mol. The second-order valence-corrected chi connectivity index (χ2v) is 8.16. The van der Waals surface area contributed by atoms with Gasteiger partial charge in [-0.15, -0.1) is 0 Å². The van der Waals surface area contributed by atoms with Crippen LogP contribution in [0, 0.1) is 0 Å². The molecule has 2 saturated heterocycles. The summed E-state index contributed by atoms with van der Waals surface area (Å²) in [7, 11) is 1.88. The highest BCUT2D eigenvalue weighted by atomic mass is 32.1. The van der Waals surface area contributed by atoms with E-state index in [0.717, 1.165) is 29.1 Å². The van der Waals surface area contributed by atoms with E-state index in [-0.39, 0.29) is 17.7 Å². The van der Waals surface area contributed by atoms with E-state index in [1.807, 2.05) is 36.2 Å². The molecule has 142 valence electrons. The monoisotopic (exact) mass is 388 g/mol. The van der Waals surface area contributed by atoms with Crippen LogP contribution in [0.3, 0.4) is 0 Å². The zero-order valence-corrected chi connectivity index (χ0v) is 15.6. The van der Waals surface area contributed by atoms with E-state index in [4.69, 9.17) is 9.84 Å². The summed E-state index contributed by atoms with van der Waals surface area (Å²) in [6, 6.07) is 7.95. The van der Waals surface area contributed by atoms with Crippen molar-refractivity contribution in [1.29, 1.82) is 0 Å². The summed E-state index contributed by atoms with van der Waals surface area (Å²) >= 11 is 1.47. The fourth-order valence-corrected chi connectivity index (χ4v) is 5.38. The number of carboxylic acid groups (broad SMARTS) is 2. The maximum atomic E-state index is 11.8. The van der Waals surface area contributed by atoms with Gasteiger partial charge in [-0.05, 0) is 32.0 Å². The lowest BCUT2D eigenvalue weighted by atomic mass is 9.80. The Hall–Kier alpha value is -2.45. The molecule has 3 heterocycles. The lowest BCUT2D eigenvalue weighted by Gasteiger charge is -2.45. The van der Waals surface area contributed by atoms with Gasteiger partial charge in [-0.1, -0.05) is 23.5 Å². The minimum atomic E-state index is -1.24.